The van der Waals surface area contributed by atoms with Gasteiger partial charge in [0, 0.05) is 11.8 Å². The Kier molecular flexibility index (Phi) is 5.56. The highest BCUT2D eigenvalue weighted by molar-refractivity contribution is 7.89. The van der Waals surface area contributed by atoms with Crippen LogP contribution in [0.1, 0.15) is 0 Å². The molecule has 2 aromatic rings. The van der Waals surface area contributed by atoms with E-state index >= 15 is 0 Å². The number of nitrogens with two attached hydrogens (primary N) is 2. The molecule has 0 amide bonds. The normalized spacial score (nSPS) is 12.0. The van der Waals surface area contributed by atoms with Gasteiger partial charge >= 0.3 is 0 Å². The van der Waals surface area contributed by atoms with Crippen molar-refractivity contribution in [2.45, 2.75) is 0 Å². The van der Waals surface area contributed by atoms with E-state index in [9.17, 15) is 8.42 Å². The molecule has 5 N–H and O–H groups in total. The molecule has 0 radical (unpaired) electrons. The fraction of sp³-hybridized carbons (Fsp3) is 0.133. The van der Waals surface area contributed by atoms with Crippen LogP contribution in [0.25, 0.3) is 0 Å². The minimum atomic E-state index is -3.54. The van der Waals surface area contributed by atoms with Crippen molar-refractivity contribution in [2.75, 3.05) is 17.6 Å². The van der Waals surface area contributed by atoms with E-state index in [1.165, 1.54) is 0 Å². The van der Waals surface area contributed by atoms with Crippen LogP contribution in [0, 0.1) is 0 Å². The predicted molar refractivity (Wildman–Crippen MR) is 91.0 cm³/mol. The number of hydrogen-bond donors (Lipinski definition) is 3. The number of anilines is 1. The van der Waals surface area contributed by atoms with Crippen LogP contribution < -0.4 is 20.9 Å². The maximum atomic E-state index is 10.8. The van der Waals surface area contributed by atoms with Gasteiger partial charge in [0.2, 0.25) is 10.0 Å². The van der Waals surface area contributed by atoms with Gasteiger partial charge in [-0.1, -0.05) is 24.3 Å². The maximum absolute atomic E-state index is 10.8. The first-order valence-electron chi connectivity index (χ1n) is 6.83. The Morgan fingerprint density at radius 1 is 1.09 bits per heavy atom. The second kappa shape index (κ2) is 7.61. The zero-order valence-corrected chi connectivity index (χ0v) is 13.2. The summed E-state index contributed by atoms with van der Waals surface area (Å²) < 4.78 is 27.4. The van der Waals surface area contributed by atoms with Crippen molar-refractivity contribution in [3.05, 3.63) is 54.6 Å². The lowest BCUT2D eigenvalue weighted by Gasteiger charge is -2.09. The van der Waals surface area contributed by atoms with Crippen molar-refractivity contribution in [3.63, 3.8) is 0 Å². The molecule has 0 heterocycles. The molecule has 0 aliphatic heterocycles. The van der Waals surface area contributed by atoms with E-state index in [1.807, 2.05) is 36.4 Å². The average Bonchev–Trinajstić information content (AvgIpc) is 2.47. The van der Waals surface area contributed by atoms with Gasteiger partial charge in [0.1, 0.15) is 11.5 Å². The number of nitrogens with zero attached hydrogens (tertiary/aromatic N) is 1. The van der Waals surface area contributed by atoms with Crippen molar-refractivity contribution in [3.8, 4) is 11.5 Å². The zero-order chi connectivity index (χ0) is 16.7. The summed E-state index contributed by atoms with van der Waals surface area (Å²) in [6.45, 7) is -0.00211. The number of benzene rings is 2. The lowest BCUT2D eigenvalue weighted by Crippen LogP contribution is -2.25. The fourth-order valence-electron chi connectivity index (χ4n) is 1.74. The van der Waals surface area contributed by atoms with E-state index in [0.717, 1.165) is 5.75 Å². The van der Waals surface area contributed by atoms with E-state index in [0.29, 0.717) is 11.4 Å². The second-order valence-corrected chi connectivity index (χ2v) is 6.44. The summed E-state index contributed by atoms with van der Waals surface area (Å²) in [5, 5.41) is 7.76. The first-order chi connectivity index (χ1) is 10.9. The summed E-state index contributed by atoms with van der Waals surface area (Å²) in [7, 11) is -3.54. The molecule has 0 bridgehead atoms. The molecule has 2 rings (SSSR count). The number of rotatable bonds is 6. The Labute approximate surface area is 135 Å². The van der Waals surface area contributed by atoms with Crippen molar-refractivity contribution >= 4 is 21.7 Å². The summed E-state index contributed by atoms with van der Waals surface area (Å²) in [5.74, 6) is 1.20. The van der Waals surface area contributed by atoms with Gasteiger partial charge < -0.3 is 15.8 Å². The molecular weight excluding hydrogens is 316 g/mol. The summed E-state index contributed by atoms with van der Waals surface area (Å²) in [5.41, 5.74) is 6.38. The van der Waals surface area contributed by atoms with Gasteiger partial charge in [-0.15, -0.1) is 0 Å². The SMILES string of the molecule is NC(=NCCS(N)(=O)=O)Nc1cccc(Oc2ccccc2)c1. The molecule has 0 atom stereocenters. The number of para-hydroxylation sites is 1. The highest BCUT2D eigenvalue weighted by Gasteiger charge is 2.02. The van der Waals surface area contributed by atoms with Crippen LogP contribution in [0.15, 0.2) is 59.6 Å². The third-order valence-corrected chi connectivity index (χ3v) is 3.49. The van der Waals surface area contributed by atoms with Crippen LogP contribution in [-0.2, 0) is 10.0 Å². The second-order valence-electron chi connectivity index (χ2n) is 4.70. The molecule has 0 spiro atoms. The third kappa shape index (κ3) is 6.37. The minimum Gasteiger partial charge on any atom is -0.457 e. The number of sulfonamides is 1. The molecule has 0 aliphatic rings. The Bertz CT molecular complexity index is 776. The van der Waals surface area contributed by atoms with Crippen molar-refractivity contribution in [1.82, 2.24) is 0 Å². The first kappa shape index (κ1) is 16.8. The van der Waals surface area contributed by atoms with Crippen molar-refractivity contribution in [2.24, 2.45) is 15.9 Å². The first-order valence-corrected chi connectivity index (χ1v) is 8.54. The summed E-state index contributed by atoms with van der Waals surface area (Å²) in [6, 6.07) is 16.5. The molecule has 7 nitrogen and oxygen atoms in total. The van der Waals surface area contributed by atoms with Gasteiger partial charge in [-0.3, -0.25) is 4.99 Å². The molecule has 0 saturated heterocycles. The Balaban J connectivity index is 1.98. The number of aliphatic imine (C=N–C) groups is 1. The highest BCUT2D eigenvalue weighted by atomic mass is 32.2. The van der Waals surface area contributed by atoms with Gasteiger partial charge in [0.25, 0.3) is 0 Å². The average molecular weight is 334 g/mol. The summed E-state index contributed by atoms with van der Waals surface area (Å²) in [4.78, 5) is 3.90. The number of primary sulfonamides is 1. The maximum Gasteiger partial charge on any atom is 0.210 e. The third-order valence-electron chi connectivity index (χ3n) is 2.74. The van der Waals surface area contributed by atoms with Crippen LogP contribution in [0.3, 0.4) is 0 Å². The van der Waals surface area contributed by atoms with Gasteiger partial charge in [-0.2, -0.15) is 0 Å². The standard InChI is InChI=1S/C15H18N4O3S/c16-15(18-9-10-23(17,20)21)19-12-5-4-8-14(11-12)22-13-6-2-1-3-7-13/h1-8,11H,9-10H2,(H3,16,18,19)(H2,17,20,21). The van der Waals surface area contributed by atoms with Gasteiger partial charge in [0.15, 0.2) is 5.96 Å². The fourth-order valence-corrected chi connectivity index (χ4v) is 2.09. The molecule has 0 aromatic heterocycles. The summed E-state index contributed by atoms with van der Waals surface area (Å²) >= 11 is 0. The van der Waals surface area contributed by atoms with Gasteiger partial charge in [0.05, 0.1) is 12.3 Å². The van der Waals surface area contributed by atoms with E-state index in [-0.39, 0.29) is 18.3 Å². The molecule has 0 fully saturated rings. The lowest BCUT2D eigenvalue weighted by atomic mass is 10.3. The summed E-state index contributed by atoms with van der Waals surface area (Å²) in [6.07, 6.45) is 0. The van der Waals surface area contributed by atoms with E-state index < -0.39 is 10.0 Å². The molecule has 0 unspecified atom stereocenters. The number of nitrogens with one attached hydrogen (secondary N) is 1. The molecule has 0 aliphatic carbocycles. The Hall–Kier alpha value is -2.58. The predicted octanol–water partition coefficient (Wildman–Crippen LogP) is 1.49. The lowest BCUT2D eigenvalue weighted by molar-refractivity contribution is 0.483. The Morgan fingerprint density at radius 3 is 2.48 bits per heavy atom. The number of hydrogen-bond acceptors (Lipinski definition) is 4. The molecule has 0 saturated carbocycles. The number of ether oxygens (including phenoxy) is 1. The molecular formula is C15H18N4O3S. The Morgan fingerprint density at radius 2 is 1.78 bits per heavy atom. The van der Waals surface area contributed by atoms with Crippen molar-refractivity contribution in [1.29, 1.82) is 0 Å². The monoisotopic (exact) mass is 334 g/mol. The van der Waals surface area contributed by atoms with Crippen molar-refractivity contribution < 1.29 is 13.2 Å². The van der Waals surface area contributed by atoms with Crippen LogP contribution >= 0.6 is 0 Å². The molecule has 8 heteroatoms. The van der Waals surface area contributed by atoms with Crippen LogP contribution in [0.4, 0.5) is 5.69 Å². The molecule has 23 heavy (non-hydrogen) atoms. The zero-order valence-electron chi connectivity index (χ0n) is 12.3. The van der Waals surface area contributed by atoms with Gasteiger partial charge in [-0.25, -0.2) is 13.6 Å². The molecule has 2 aromatic carbocycles. The topological polar surface area (TPSA) is 120 Å². The van der Waals surface area contributed by atoms with Crippen LogP contribution in [0.2, 0.25) is 0 Å². The largest absolute Gasteiger partial charge is 0.457 e. The van der Waals surface area contributed by atoms with E-state index in [2.05, 4.69) is 10.3 Å². The van der Waals surface area contributed by atoms with E-state index in [4.69, 9.17) is 15.6 Å². The minimum absolute atomic E-state index is 0.00211. The van der Waals surface area contributed by atoms with E-state index in [1.54, 1.807) is 18.2 Å². The molecule has 122 valence electrons. The van der Waals surface area contributed by atoms with Crippen LogP contribution in [0.5, 0.6) is 11.5 Å². The number of guanidine groups is 1. The smallest absolute Gasteiger partial charge is 0.210 e. The quantitative estimate of drug-likeness (QED) is 0.546. The highest BCUT2D eigenvalue weighted by Crippen LogP contribution is 2.23. The van der Waals surface area contributed by atoms with Crippen LogP contribution in [-0.4, -0.2) is 26.7 Å². The van der Waals surface area contributed by atoms with Gasteiger partial charge in [-0.05, 0) is 24.3 Å².